The zero-order chi connectivity index (χ0) is 17.1. The van der Waals surface area contributed by atoms with Gasteiger partial charge in [0.25, 0.3) is 0 Å². The molecular formula is C21H32O2. The second-order valence-corrected chi connectivity index (χ2v) is 8.09. The van der Waals surface area contributed by atoms with Crippen molar-refractivity contribution in [3.63, 3.8) is 0 Å². The molecule has 128 valence electrons. The van der Waals surface area contributed by atoms with E-state index in [2.05, 4.69) is 40.7 Å². The highest BCUT2D eigenvalue weighted by Gasteiger charge is 2.31. The Balaban J connectivity index is 2.14. The van der Waals surface area contributed by atoms with E-state index in [0.717, 1.165) is 32.1 Å². The fourth-order valence-corrected chi connectivity index (χ4v) is 3.38. The molecule has 1 aliphatic carbocycles. The Morgan fingerprint density at radius 3 is 2.52 bits per heavy atom. The van der Waals surface area contributed by atoms with E-state index in [1.54, 1.807) is 0 Å². The fourth-order valence-electron chi connectivity index (χ4n) is 3.38. The minimum atomic E-state index is -0.278. The van der Waals surface area contributed by atoms with Crippen molar-refractivity contribution in [2.24, 2.45) is 5.41 Å². The zero-order valence-electron chi connectivity index (χ0n) is 15.4. The number of esters is 1. The fraction of sp³-hybridized carbons (Fsp3) is 0.667. The van der Waals surface area contributed by atoms with Gasteiger partial charge in [0.05, 0.1) is 5.56 Å². The van der Waals surface area contributed by atoms with Crippen molar-refractivity contribution in [1.82, 2.24) is 0 Å². The van der Waals surface area contributed by atoms with Gasteiger partial charge in [-0.3, -0.25) is 0 Å². The van der Waals surface area contributed by atoms with Crippen molar-refractivity contribution in [2.75, 3.05) is 0 Å². The van der Waals surface area contributed by atoms with Gasteiger partial charge in [0.2, 0.25) is 0 Å². The molecule has 1 aliphatic rings. The van der Waals surface area contributed by atoms with E-state index < -0.39 is 0 Å². The highest BCUT2D eigenvalue weighted by atomic mass is 16.6. The molecule has 1 fully saturated rings. The molecule has 0 bridgehead atoms. The number of ether oxygens (including phenoxy) is 1. The summed E-state index contributed by atoms with van der Waals surface area (Å²) in [6.07, 6.45) is 6.65. The van der Waals surface area contributed by atoms with Crippen LogP contribution in [0.3, 0.4) is 0 Å². The van der Waals surface area contributed by atoms with E-state index in [-0.39, 0.29) is 17.0 Å². The van der Waals surface area contributed by atoms with Crippen LogP contribution in [-0.2, 0) is 4.74 Å². The lowest BCUT2D eigenvalue weighted by atomic mass is 9.74. The summed E-state index contributed by atoms with van der Waals surface area (Å²) in [6, 6.07) is 8.01. The number of benzene rings is 1. The molecule has 23 heavy (non-hydrogen) atoms. The van der Waals surface area contributed by atoms with Crippen LogP contribution < -0.4 is 0 Å². The van der Waals surface area contributed by atoms with Gasteiger partial charge in [0.1, 0.15) is 5.60 Å². The van der Waals surface area contributed by atoms with Crippen molar-refractivity contribution in [2.45, 2.75) is 84.7 Å². The van der Waals surface area contributed by atoms with Crippen LogP contribution >= 0.6 is 0 Å². The van der Waals surface area contributed by atoms with E-state index in [0.29, 0.717) is 11.5 Å². The molecule has 0 amide bonds. The summed E-state index contributed by atoms with van der Waals surface area (Å²) in [5.74, 6) is 0.239. The van der Waals surface area contributed by atoms with Gasteiger partial charge in [0, 0.05) is 0 Å². The Labute approximate surface area is 141 Å². The first-order valence-corrected chi connectivity index (χ1v) is 9.11. The van der Waals surface area contributed by atoms with Crippen molar-refractivity contribution in [3.05, 3.63) is 35.4 Å². The Morgan fingerprint density at radius 1 is 1.26 bits per heavy atom. The first-order valence-electron chi connectivity index (χ1n) is 9.11. The smallest absolute Gasteiger partial charge is 0.338 e. The van der Waals surface area contributed by atoms with E-state index in [1.165, 1.54) is 12.0 Å². The van der Waals surface area contributed by atoms with Crippen molar-refractivity contribution in [3.8, 4) is 0 Å². The standard InChI is InChI=1S/C21H32O2/c1-6-20(3,4)16(2)17-11-10-12-18(15-17)19(22)23-21(5)13-8-7-9-14-21/h10-12,15-16H,6-9,13-14H2,1-5H3. The number of rotatable bonds is 5. The zero-order valence-corrected chi connectivity index (χ0v) is 15.4. The normalized spacial score (nSPS) is 19.2. The Kier molecular flexibility index (Phi) is 5.54. The lowest BCUT2D eigenvalue weighted by Crippen LogP contribution is -2.34. The number of hydrogen-bond acceptors (Lipinski definition) is 2. The van der Waals surface area contributed by atoms with Crippen LogP contribution in [0.5, 0.6) is 0 Å². The minimum Gasteiger partial charge on any atom is -0.456 e. The Bertz CT molecular complexity index is 539. The highest BCUT2D eigenvalue weighted by molar-refractivity contribution is 5.90. The molecule has 2 heteroatoms. The van der Waals surface area contributed by atoms with Crippen LogP contribution in [0.15, 0.2) is 24.3 Å². The van der Waals surface area contributed by atoms with E-state index in [9.17, 15) is 4.79 Å². The third-order valence-corrected chi connectivity index (χ3v) is 5.96. The van der Waals surface area contributed by atoms with Crippen LogP contribution in [0.2, 0.25) is 0 Å². The van der Waals surface area contributed by atoms with Crippen LogP contribution in [0, 0.1) is 5.41 Å². The minimum absolute atomic E-state index is 0.169. The van der Waals surface area contributed by atoms with Gasteiger partial charge in [-0.1, -0.05) is 52.7 Å². The monoisotopic (exact) mass is 316 g/mol. The Morgan fingerprint density at radius 2 is 1.91 bits per heavy atom. The molecule has 1 aromatic carbocycles. The molecule has 0 aromatic heterocycles. The van der Waals surface area contributed by atoms with Crippen molar-refractivity contribution in [1.29, 1.82) is 0 Å². The average Bonchev–Trinajstić information content (AvgIpc) is 2.54. The first-order chi connectivity index (χ1) is 10.8. The molecule has 1 atom stereocenters. The van der Waals surface area contributed by atoms with Gasteiger partial charge in [-0.2, -0.15) is 0 Å². The number of hydrogen-bond donors (Lipinski definition) is 0. The molecule has 0 radical (unpaired) electrons. The molecule has 0 aliphatic heterocycles. The van der Waals surface area contributed by atoms with Crippen LogP contribution in [0.25, 0.3) is 0 Å². The SMILES string of the molecule is CCC(C)(C)C(C)c1cccc(C(=O)OC2(C)CCCCC2)c1. The maximum atomic E-state index is 12.6. The molecule has 0 heterocycles. The predicted octanol–water partition coefficient (Wildman–Crippen LogP) is 6.11. The third-order valence-electron chi connectivity index (χ3n) is 5.96. The second kappa shape index (κ2) is 7.07. The van der Waals surface area contributed by atoms with Gasteiger partial charge in [-0.05, 0) is 61.6 Å². The molecule has 2 nitrogen and oxygen atoms in total. The lowest BCUT2D eigenvalue weighted by molar-refractivity contribution is -0.0269. The van der Waals surface area contributed by atoms with Gasteiger partial charge in [0.15, 0.2) is 0 Å². The summed E-state index contributed by atoms with van der Waals surface area (Å²) in [4.78, 5) is 12.6. The highest BCUT2D eigenvalue weighted by Crippen LogP contribution is 2.38. The van der Waals surface area contributed by atoms with E-state index in [4.69, 9.17) is 4.74 Å². The van der Waals surface area contributed by atoms with Crippen molar-refractivity contribution < 1.29 is 9.53 Å². The molecule has 1 aromatic rings. The maximum Gasteiger partial charge on any atom is 0.338 e. The molecule has 0 N–H and O–H groups in total. The molecule has 2 rings (SSSR count). The topological polar surface area (TPSA) is 26.3 Å². The molecule has 1 unspecified atom stereocenters. The van der Waals surface area contributed by atoms with Gasteiger partial charge < -0.3 is 4.74 Å². The summed E-state index contributed by atoms with van der Waals surface area (Å²) in [5.41, 5.74) is 1.85. The number of carbonyl (C=O) groups excluding carboxylic acids is 1. The second-order valence-electron chi connectivity index (χ2n) is 8.09. The average molecular weight is 316 g/mol. The molecule has 0 spiro atoms. The van der Waals surface area contributed by atoms with Gasteiger partial charge >= 0.3 is 5.97 Å². The molecule has 0 saturated heterocycles. The predicted molar refractivity (Wildman–Crippen MR) is 95.8 cm³/mol. The quantitative estimate of drug-likeness (QED) is 0.613. The summed E-state index contributed by atoms with van der Waals surface area (Å²) < 4.78 is 5.87. The van der Waals surface area contributed by atoms with Crippen LogP contribution in [0.4, 0.5) is 0 Å². The largest absolute Gasteiger partial charge is 0.456 e. The molecular weight excluding hydrogens is 284 g/mol. The van der Waals surface area contributed by atoms with Crippen molar-refractivity contribution >= 4 is 5.97 Å². The maximum absolute atomic E-state index is 12.6. The van der Waals surface area contributed by atoms with Crippen LogP contribution in [0.1, 0.15) is 95.0 Å². The van der Waals surface area contributed by atoms with Gasteiger partial charge in [-0.15, -0.1) is 0 Å². The summed E-state index contributed by atoms with van der Waals surface area (Å²) in [7, 11) is 0. The molecule has 1 saturated carbocycles. The van der Waals surface area contributed by atoms with E-state index >= 15 is 0 Å². The lowest BCUT2D eigenvalue weighted by Gasteiger charge is -2.33. The Hall–Kier alpha value is -1.31. The van der Waals surface area contributed by atoms with Gasteiger partial charge in [-0.25, -0.2) is 4.79 Å². The number of carbonyl (C=O) groups is 1. The summed E-state index contributed by atoms with van der Waals surface area (Å²) in [6.45, 7) is 11.1. The summed E-state index contributed by atoms with van der Waals surface area (Å²) >= 11 is 0. The van der Waals surface area contributed by atoms with Crippen LogP contribution in [-0.4, -0.2) is 11.6 Å². The summed E-state index contributed by atoms with van der Waals surface area (Å²) in [5, 5.41) is 0. The first kappa shape index (κ1) is 18.0. The van der Waals surface area contributed by atoms with E-state index in [1.807, 2.05) is 18.2 Å². The third kappa shape index (κ3) is 4.37.